The highest BCUT2D eigenvalue weighted by molar-refractivity contribution is 5.84. The van der Waals surface area contributed by atoms with Gasteiger partial charge >= 0.3 is 5.97 Å². The van der Waals surface area contributed by atoms with E-state index in [0.717, 1.165) is 0 Å². The van der Waals surface area contributed by atoms with Gasteiger partial charge in [0.2, 0.25) is 5.91 Å². The molecule has 1 atom stereocenters. The molecule has 6 nitrogen and oxygen atoms in total. The molecule has 0 aliphatic heterocycles. The molecule has 0 saturated carbocycles. The van der Waals surface area contributed by atoms with Crippen molar-refractivity contribution < 1.29 is 19.4 Å². The summed E-state index contributed by atoms with van der Waals surface area (Å²) in [6.45, 7) is -0.694. The lowest BCUT2D eigenvalue weighted by atomic mass is 10.1. The molecular formula is C8H12N2O4. The van der Waals surface area contributed by atoms with Crippen LogP contribution < -0.4 is 5.32 Å². The van der Waals surface area contributed by atoms with Gasteiger partial charge in [-0.2, -0.15) is 5.26 Å². The Morgan fingerprint density at radius 3 is 2.71 bits per heavy atom. The molecule has 0 radical (unpaired) electrons. The highest BCUT2D eigenvalue weighted by Gasteiger charge is 2.20. The fourth-order valence-electron chi connectivity index (χ4n) is 0.840. The first-order valence-electron chi connectivity index (χ1n) is 4.00. The fourth-order valence-corrected chi connectivity index (χ4v) is 0.840. The first-order valence-corrected chi connectivity index (χ1v) is 4.00. The molecular weight excluding hydrogens is 188 g/mol. The number of hydrogen-bond donors (Lipinski definition) is 2. The van der Waals surface area contributed by atoms with Gasteiger partial charge in [0.25, 0.3) is 0 Å². The molecule has 14 heavy (non-hydrogen) atoms. The molecule has 6 heteroatoms. The molecule has 78 valence electrons. The first kappa shape index (κ1) is 12.4. The van der Waals surface area contributed by atoms with Crippen LogP contribution in [0.3, 0.4) is 0 Å². The van der Waals surface area contributed by atoms with E-state index >= 15 is 0 Å². The van der Waals surface area contributed by atoms with Gasteiger partial charge in [0.1, 0.15) is 12.6 Å². The van der Waals surface area contributed by atoms with E-state index in [1.807, 2.05) is 6.07 Å². The Morgan fingerprint density at radius 1 is 1.64 bits per heavy atom. The van der Waals surface area contributed by atoms with E-state index in [4.69, 9.17) is 10.4 Å². The summed E-state index contributed by atoms with van der Waals surface area (Å²) in [5.41, 5.74) is 0. The number of carbonyl (C=O) groups excluding carboxylic acids is 2. The SMILES string of the molecule is COC(=O)[C@@H](CCC#N)NC(=O)CO. The lowest BCUT2D eigenvalue weighted by Gasteiger charge is -2.13. The molecule has 0 unspecified atom stereocenters. The smallest absolute Gasteiger partial charge is 0.328 e. The second-order valence-corrected chi connectivity index (χ2v) is 2.50. The minimum absolute atomic E-state index is 0.130. The van der Waals surface area contributed by atoms with Crippen LogP contribution in [0.1, 0.15) is 12.8 Å². The van der Waals surface area contributed by atoms with Crippen LogP contribution in [-0.4, -0.2) is 36.7 Å². The van der Waals surface area contributed by atoms with Crippen LogP contribution in [0.25, 0.3) is 0 Å². The molecule has 0 bridgehead atoms. The zero-order chi connectivity index (χ0) is 11.0. The normalized spacial score (nSPS) is 11.2. The van der Waals surface area contributed by atoms with Crippen molar-refractivity contribution in [2.75, 3.05) is 13.7 Å². The second-order valence-electron chi connectivity index (χ2n) is 2.50. The first-order chi connectivity index (χ1) is 6.65. The molecule has 0 heterocycles. The highest BCUT2D eigenvalue weighted by atomic mass is 16.5. The van der Waals surface area contributed by atoms with E-state index in [1.54, 1.807) is 0 Å². The van der Waals surface area contributed by atoms with Crippen LogP contribution in [0.4, 0.5) is 0 Å². The van der Waals surface area contributed by atoms with E-state index < -0.39 is 24.5 Å². The summed E-state index contributed by atoms with van der Waals surface area (Å²) in [6.07, 6.45) is 0.306. The van der Waals surface area contributed by atoms with Crippen molar-refractivity contribution in [1.82, 2.24) is 5.32 Å². The molecule has 0 fully saturated rings. The summed E-state index contributed by atoms with van der Waals surface area (Å²) >= 11 is 0. The van der Waals surface area contributed by atoms with Crippen molar-refractivity contribution in [3.8, 4) is 6.07 Å². The quantitative estimate of drug-likeness (QED) is 0.551. The number of methoxy groups -OCH3 is 1. The number of rotatable bonds is 5. The number of hydrogen-bond acceptors (Lipinski definition) is 5. The standard InChI is InChI=1S/C8H12N2O4/c1-14-8(13)6(3-2-4-9)10-7(12)5-11/h6,11H,2-3,5H2,1H3,(H,10,12)/t6-/m1/s1. The number of amides is 1. The number of ether oxygens (including phenoxy) is 1. The maximum Gasteiger partial charge on any atom is 0.328 e. The summed E-state index contributed by atoms with van der Waals surface area (Å²) in [5, 5.41) is 19.0. The minimum atomic E-state index is -0.862. The minimum Gasteiger partial charge on any atom is -0.467 e. The van der Waals surface area contributed by atoms with E-state index in [-0.39, 0.29) is 12.8 Å². The monoisotopic (exact) mass is 200 g/mol. The van der Waals surface area contributed by atoms with Gasteiger partial charge in [-0.15, -0.1) is 0 Å². The van der Waals surface area contributed by atoms with E-state index in [2.05, 4.69) is 10.1 Å². The van der Waals surface area contributed by atoms with Crippen LogP contribution in [0.15, 0.2) is 0 Å². The molecule has 0 aromatic rings. The number of carbonyl (C=O) groups is 2. The van der Waals surface area contributed by atoms with Gasteiger partial charge in [0, 0.05) is 6.42 Å². The number of aliphatic hydroxyl groups is 1. The van der Waals surface area contributed by atoms with Gasteiger partial charge in [-0.1, -0.05) is 0 Å². The Kier molecular flexibility index (Phi) is 6.07. The van der Waals surface area contributed by atoms with Crippen LogP contribution in [0, 0.1) is 11.3 Å². The van der Waals surface area contributed by atoms with E-state index in [0.29, 0.717) is 0 Å². The molecule has 0 aromatic heterocycles. The Bertz CT molecular complexity index is 246. The van der Waals surface area contributed by atoms with Gasteiger partial charge in [-0.25, -0.2) is 4.79 Å². The molecule has 0 spiro atoms. The number of aliphatic hydroxyl groups excluding tert-OH is 1. The van der Waals surface area contributed by atoms with Crippen LogP contribution in [0.5, 0.6) is 0 Å². The topological polar surface area (TPSA) is 99.4 Å². The van der Waals surface area contributed by atoms with Gasteiger partial charge < -0.3 is 15.2 Å². The predicted octanol–water partition coefficient (Wildman–Crippen LogP) is -1.06. The largest absolute Gasteiger partial charge is 0.467 e. The summed E-state index contributed by atoms with van der Waals surface area (Å²) in [7, 11) is 1.19. The zero-order valence-corrected chi connectivity index (χ0v) is 7.82. The van der Waals surface area contributed by atoms with Crippen LogP contribution in [-0.2, 0) is 14.3 Å². The van der Waals surface area contributed by atoms with Crippen LogP contribution >= 0.6 is 0 Å². The van der Waals surface area contributed by atoms with E-state index in [9.17, 15) is 9.59 Å². The third-order valence-corrected chi connectivity index (χ3v) is 1.51. The molecule has 2 N–H and O–H groups in total. The van der Waals surface area contributed by atoms with E-state index in [1.165, 1.54) is 7.11 Å². The van der Waals surface area contributed by atoms with Gasteiger partial charge in [0.15, 0.2) is 0 Å². The van der Waals surface area contributed by atoms with Gasteiger partial charge in [-0.3, -0.25) is 4.79 Å². The average molecular weight is 200 g/mol. The fraction of sp³-hybridized carbons (Fsp3) is 0.625. The second kappa shape index (κ2) is 6.86. The molecule has 0 rings (SSSR count). The number of nitrogens with zero attached hydrogens (tertiary/aromatic N) is 1. The molecule has 1 amide bonds. The summed E-state index contributed by atoms with van der Waals surface area (Å²) < 4.78 is 4.41. The predicted molar refractivity (Wildman–Crippen MR) is 45.9 cm³/mol. The third-order valence-electron chi connectivity index (χ3n) is 1.51. The summed E-state index contributed by atoms with van der Waals surface area (Å²) in [6, 6.07) is 0.985. The Labute approximate surface area is 81.5 Å². The van der Waals surface area contributed by atoms with Gasteiger partial charge in [0.05, 0.1) is 13.2 Å². The highest BCUT2D eigenvalue weighted by Crippen LogP contribution is 1.98. The third kappa shape index (κ3) is 4.42. The van der Waals surface area contributed by atoms with Crippen molar-refractivity contribution >= 4 is 11.9 Å². The maximum atomic E-state index is 11.0. The Balaban J connectivity index is 4.18. The Morgan fingerprint density at radius 2 is 2.29 bits per heavy atom. The van der Waals surface area contributed by atoms with Crippen LogP contribution in [0.2, 0.25) is 0 Å². The maximum absolute atomic E-state index is 11.0. The Hall–Kier alpha value is -1.61. The lowest BCUT2D eigenvalue weighted by molar-refractivity contribution is -0.145. The number of nitrogens with one attached hydrogen (secondary N) is 1. The molecule has 0 saturated heterocycles. The van der Waals surface area contributed by atoms with Crippen molar-refractivity contribution in [1.29, 1.82) is 5.26 Å². The molecule has 0 aliphatic rings. The van der Waals surface area contributed by atoms with Crippen molar-refractivity contribution in [3.05, 3.63) is 0 Å². The van der Waals surface area contributed by atoms with Crippen molar-refractivity contribution in [2.45, 2.75) is 18.9 Å². The lowest BCUT2D eigenvalue weighted by Crippen LogP contribution is -2.42. The van der Waals surface area contributed by atoms with Gasteiger partial charge in [-0.05, 0) is 6.42 Å². The average Bonchev–Trinajstić information content (AvgIpc) is 2.22. The zero-order valence-electron chi connectivity index (χ0n) is 7.82. The number of nitriles is 1. The number of esters is 1. The van der Waals surface area contributed by atoms with Crippen molar-refractivity contribution in [2.24, 2.45) is 0 Å². The summed E-state index contributed by atoms with van der Waals surface area (Å²) in [4.78, 5) is 21.8. The molecule has 0 aromatic carbocycles. The molecule has 0 aliphatic carbocycles. The summed E-state index contributed by atoms with van der Waals surface area (Å²) in [5.74, 6) is -1.29. The van der Waals surface area contributed by atoms with Crippen molar-refractivity contribution in [3.63, 3.8) is 0 Å².